The van der Waals surface area contributed by atoms with Crippen LogP contribution < -0.4 is 15.2 Å². The van der Waals surface area contributed by atoms with Crippen molar-refractivity contribution in [3.63, 3.8) is 0 Å². The predicted octanol–water partition coefficient (Wildman–Crippen LogP) is 3.25. The standard InChI is InChI=1S/C15H19NO2S/c1-17-13-6-5-11(10-14(13)18-2)12(7-8-16)15-4-3-9-19-15/h3-6,9-10,12H,7-8,16H2,1-2H3. The zero-order valence-corrected chi connectivity index (χ0v) is 12.1. The second kappa shape index (κ2) is 6.59. The van der Waals surface area contributed by atoms with Crippen LogP contribution in [0.4, 0.5) is 0 Å². The fraction of sp³-hybridized carbons (Fsp3) is 0.333. The summed E-state index contributed by atoms with van der Waals surface area (Å²) in [7, 11) is 3.30. The van der Waals surface area contributed by atoms with Gasteiger partial charge < -0.3 is 15.2 Å². The van der Waals surface area contributed by atoms with Crippen LogP contribution in [0.15, 0.2) is 35.7 Å². The Morgan fingerprint density at radius 2 is 1.95 bits per heavy atom. The highest BCUT2D eigenvalue weighted by molar-refractivity contribution is 7.10. The highest BCUT2D eigenvalue weighted by Crippen LogP contribution is 2.36. The lowest BCUT2D eigenvalue weighted by Crippen LogP contribution is -2.08. The van der Waals surface area contributed by atoms with Gasteiger partial charge in [0.05, 0.1) is 14.2 Å². The van der Waals surface area contributed by atoms with Crippen LogP contribution in [0.5, 0.6) is 11.5 Å². The van der Waals surface area contributed by atoms with Crippen LogP contribution in [0.25, 0.3) is 0 Å². The van der Waals surface area contributed by atoms with Gasteiger partial charge in [0.2, 0.25) is 0 Å². The van der Waals surface area contributed by atoms with Crippen LogP contribution in [0.3, 0.4) is 0 Å². The summed E-state index contributed by atoms with van der Waals surface area (Å²) in [5.74, 6) is 1.84. The minimum Gasteiger partial charge on any atom is -0.493 e. The molecule has 0 aliphatic carbocycles. The lowest BCUT2D eigenvalue weighted by Gasteiger charge is -2.17. The Bertz CT molecular complexity index is 511. The summed E-state index contributed by atoms with van der Waals surface area (Å²) in [5.41, 5.74) is 6.96. The average Bonchev–Trinajstić information content (AvgIpc) is 2.98. The lowest BCUT2D eigenvalue weighted by atomic mass is 9.94. The van der Waals surface area contributed by atoms with Crippen molar-refractivity contribution in [2.24, 2.45) is 5.73 Å². The fourth-order valence-electron chi connectivity index (χ4n) is 2.20. The first kappa shape index (κ1) is 13.9. The van der Waals surface area contributed by atoms with Crippen molar-refractivity contribution in [3.8, 4) is 11.5 Å². The van der Waals surface area contributed by atoms with Crippen molar-refractivity contribution in [3.05, 3.63) is 46.2 Å². The highest BCUT2D eigenvalue weighted by Gasteiger charge is 2.16. The van der Waals surface area contributed by atoms with Crippen LogP contribution in [0, 0.1) is 0 Å². The van der Waals surface area contributed by atoms with Crippen molar-refractivity contribution < 1.29 is 9.47 Å². The fourth-order valence-corrected chi connectivity index (χ4v) is 3.09. The van der Waals surface area contributed by atoms with Gasteiger partial charge in [-0.2, -0.15) is 0 Å². The number of ether oxygens (including phenoxy) is 2. The Labute approximate surface area is 118 Å². The zero-order valence-electron chi connectivity index (χ0n) is 11.3. The van der Waals surface area contributed by atoms with E-state index >= 15 is 0 Å². The molecule has 0 fully saturated rings. The summed E-state index contributed by atoms with van der Waals surface area (Å²) >= 11 is 1.76. The molecule has 0 aliphatic heterocycles. The van der Waals surface area contributed by atoms with E-state index in [1.54, 1.807) is 25.6 Å². The van der Waals surface area contributed by atoms with Crippen LogP contribution >= 0.6 is 11.3 Å². The van der Waals surface area contributed by atoms with Gasteiger partial charge in [0.25, 0.3) is 0 Å². The molecular weight excluding hydrogens is 258 g/mol. The van der Waals surface area contributed by atoms with Crippen LogP contribution in [0.2, 0.25) is 0 Å². The summed E-state index contributed by atoms with van der Waals surface area (Å²) in [6.45, 7) is 0.664. The van der Waals surface area contributed by atoms with E-state index < -0.39 is 0 Å². The first-order chi connectivity index (χ1) is 9.30. The van der Waals surface area contributed by atoms with Gasteiger partial charge in [0, 0.05) is 10.8 Å². The van der Waals surface area contributed by atoms with Gasteiger partial charge >= 0.3 is 0 Å². The maximum absolute atomic E-state index is 5.75. The normalized spacial score (nSPS) is 12.2. The molecule has 1 aromatic heterocycles. The largest absolute Gasteiger partial charge is 0.493 e. The summed E-state index contributed by atoms with van der Waals surface area (Å²) < 4.78 is 10.6. The zero-order chi connectivity index (χ0) is 13.7. The van der Waals surface area contributed by atoms with Gasteiger partial charge in [-0.3, -0.25) is 0 Å². The Morgan fingerprint density at radius 3 is 2.53 bits per heavy atom. The molecule has 1 aromatic carbocycles. The third-order valence-electron chi connectivity index (χ3n) is 3.15. The molecule has 19 heavy (non-hydrogen) atoms. The average molecular weight is 277 g/mol. The maximum atomic E-state index is 5.75. The quantitative estimate of drug-likeness (QED) is 0.881. The minimum atomic E-state index is 0.324. The van der Waals surface area contributed by atoms with Gasteiger partial charge in [0.15, 0.2) is 11.5 Å². The van der Waals surface area contributed by atoms with Crippen molar-refractivity contribution >= 4 is 11.3 Å². The van der Waals surface area contributed by atoms with Gasteiger partial charge in [0.1, 0.15) is 0 Å². The number of benzene rings is 1. The number of hydrogen-bond donors (Lipinski definition) is 1. The van der Waals surface area contributed by atoms with E-state index in [0.29, 0.717) is 12.5 Å². The number of thiophene rings is 1. The molecule has 3 nitrogen and oxygen atoms in total. The highest BCUT2D eigenvalue weighted by atomic mass is 32.1. The molecule has 0 aliphatic rings. The third kappa shape index (κ3) is 3.08. The second-order valence-electron chi connectivity index (χ2n) is 4.26. The summed E-state index contributed by atoms with van der Waals surface area (Å²) in [6, 6.07) is 10.3. The number of methoxy groups -OCH3 is 2. The molecule has 1 atom stereocenters. The molecule has 0 saturated heterocycles. The topological polar surface area (TPSA) is 44.5 Å². The first-order valence-electron chi connectivity index (χ1n) is 6.25. The Morgan fingerprint density at radius 1 is 1.16 bits per heavy atom. The monoisotopic (exact) mass is 277 g/mol. The SMILES string of the molecule is COc1ccc(C(CCN)c2cccs2)cc1OC. The minimum absolute atomic E-state index is 0.324. The molecule has 0 saturated carbocycles. The summed E-state index contributed by atoms with van der Waals surface area (Å²) in [5, 5.41) is 2.10. The predicted molar refractivity (Wildman–Crippen MR) is 79.4 cm³/mol. The molecule has 1 heterocycles. The van der Waals surface area contributed by atoms with E-state index in [-0.39, 0.29) is 0 Å². The van der Waals surface area contributed by atoms with E-state index in [0.717, 1.165) is 17.9 Å². The van der Waals surface area contributed by atoms with E-state index in [9.17, 15) is 0 Å². The molecule has 1 unspecified atom stereocenters. The summed E-state index contributed by atoms with van der Waals surface area (Å²) in [6.07, 6.45) is 0.927. The van der Waals surface area contributed by atoms with Crippen LogP contribution in [-0.4, -0.2) is 20.8 Å². The van der Waals surface area contributed by atoms with Crippen molar-refractivity contribution in [2.75, 3.05) is 20.8 Å². The Balaban J connectivity index is 2.37. The molecule has 0 bridgehead atoms. The van der Waals surface area contributed by atoms with Gasteiger partial charge in [-0.1, -0.05) is 12.1 Å². The van der Waals surface area contributed by atoms with Gasteiger partial charge in [-0.25, -0.2) is 0 Å². The van der Waals surface area contributed by atoms with E-state index in [4.69, 9.17) is 15.2 Å². The van der Waals surface area contributed by atoms with E-state index in [1.807, 2.05) is 12.1 Å². The van der Waals surface area contributed by atoms with E-state index in [2.05, 4.69) is 23.6 Å². The molecule has 2 N–H and O–H groups in total. The lowest BCUT2D eigenvalue weighted by molar-refractivity contribution is 0.354. The van der Waals surface area contributed by atoms with Crippen LogP contribution in [-0.2, 0) is 0 Å². The van der Waals surface area contributed by atoms with Gasteiger partial charge in [-0.05, 0) is 42.1 Å². The molecule has 2 aromatic rings. The van der Waals surface area contributed by atoms with Crippen molar-refractivity contribution in [2.45, 2.75) is 12.3 Å². The second-order valence-corrected chi connectivity index (χ2v) is 5.24. The third-order valence-corrected chi connectivity index (χ3v) is 4.14. The van der Waals surface area contributed by atoms with Crippen molar-refractivity contribution in [1.82, 2.24) is 0 Å². The molecule has 0 amide bonds. The van der Waals surface area contributed by atoms with E-state index in [1.165, 1.54) is 10.4 Å². The molecule has 0 radical (unpaired) electrons. The molecule has 102 valence electrons. The van der Waals surface area contributed by atoms with Crippen molar-refractivity contribution in [1.29, 1.82) is 0 Å². The smallest absolute Gasteiger partial charge is 0.161 e. The number of nitrogens with two attached hydrogens (primary N) is 1. The first-order valence-corrected chi connectivity index (χ1v) is 7.13. The molecule has 2 rings (SSSR count). The maximum Gasteiger partial charge on any atom is 0.161 e. The Kier molecular flexibility index (Phi) is 4.82. The molecule has 4 heteroatoms. The number of hydrogen-bond acceptors (Lipinski definition) is 4. The Hall–Kier alpha value is -1.52. The van der Waals surface area contributed by atoms with Gasteiger partial charge in [-0.15, -0.1) is 11.3 Å². The number of rotatable bonds is 6. The van der Waals surface area contributed by atoms with Crippen LogP contribution in [0.1, 0.15) is 22.8 Å². The summed E-state index contributed by atoms with van der Waals surface area (Å²) in [4.78, 5) is 1.33. The molecule has 0 spiro atoms. The molecular formula is C15H19NO2S.